The summed E-state index contributed by atoms with van der Waals surface area (Å²) in [7, 11) is -3.43. The molecule has 1 heterocycles. The minimum atomic E-state index is -3.43. The number of benzene rings is 2. The first kappa shape index (κ1) is 22.5. The maximum absolute atomic E-state index is 13.3. The van der Waals surface area contributed by atoms with Crippen LogP contribution in [-0.2, 0) is 22.3 Å². The predicted octanol–water partition coefficient (Wildman–Crippen LogP) is 3.04. The van der Waals surface area contributed by atoms with E-state index in [-0.39, 0.29) is 29.8 Å². The van der Waals surface area contributed by atoms with E-state index >= 15 is 0 Å². The molecule has 9 heteroatoms. The second kappa shape index (κ2) is 9.76. The third-order valence-corrected chi connectivity index (χ3v) is 5.76. The maximum Gasteiger partial charge on any atom is 0.254 e. The molecule has 2 aromatic carbocycles. The lowest BCUT2D eigenvalue weighted by molar-refractivity contribution is 0.0950. The van der Waals surface area contributed by atoms with E-state index in [1.165, 1.54) is 24.5 Å². The number of amides is 1. The maximum atomic E-state index is 13.3. The van der Waals surface area contributed by atoms with Crippen molar-refractivity contribution in [2.75, 3.05) is 0 Å². The molecule has 162 valence electrons. The number of rotatable bonds is 8. The lowest BCUT2D eigenvalue weighted by atomic mass is 10.1. The third kappa shape index (κ3) is 6.66. The van der Waals surface area contributed by atoms with Crippen LogP contribution in [0.15, 0.2) is 60.9 Å². The van der Waals surface area contributed by atoms with Gasteiger partial charge < -0.3 is 5.32 Å². The SMILES string of the molecule is CC(C)NS(=O)(=O)Cc1cccc(CNC(=O)c2cnc(-c3cccc(F)c3)nc2)c1. The molecule has 0 saturated carbocycles. The van der Waals surface area contributed by atoms with Crippen molar-refractivity contribution in [1.82, 2.24) is 20.0 Å². The normalized spacial score (nSPS) is 11.5. The molecule has 0 bridgehead atoms. The Morgan fingerprint density at radius 1 is 1.03 bits per heavy atom. The van der Waals surface area contributed by atoms with Crippen LogP contribution >= 0.6 is 0 Å². The minimum Gasteiger partial charge on any atom is -0.348 e. The molecule has 0 aliphatic heterocycles. The van der Waals surface area contributed by atoms with Crippen LogP contribution in [0, 0.1) is 5.82 Å². The van der Waals surface area contributed by atoms with Crippen LogP contribution in [0.5, 0.6) is 0 Å². The highest BCUT2D eigenvalue weighted by molar-refractivity contribution is 7.88. The molecule has 0 atom stereocenters. The summed E-state index contributed by atoms with van der Waals surface area (Å²) in [4.78, 5) is 20.7. The molecule has 0 unspecified atom stereocenters. The highest BCUT2D eigenvalue weighted by atomic mass is 32.2. The average Bonchev–Trinajstić information content (AvgIpc) is 2.71. The number of sulfonamides is 1. The van der Waals surface area contributed by atoms with Crippen molar-refractivity contribution in [1.29, 1.82) is 0 Å². The number of aromatic nitrogens is 2. The van der Waals surface area contributed by atoms with Crippen LogP contribution in [-0.4, -0.2) is 30.3 Å². The van der Waals surface area contributed by atoms with Gasteiger partial charge in [-0.05, 0) is 37.1 Å². The number of nitrogens with one attached hydrogen (secondary N) is 2. The molecule has 3 aromatic rings. The Labute approximate surface area is 180 Å². The molecule has 7 nitrogen and oxygen atoms in total. The van der Waals surface area contributed by atoms with Crippen molar-refractivity contribution in [3.05, 3.63) is 83.4 Å². The van der Waals surface area contributed by atoms with Gasteiger partial charge in [-0.1, -0.05) is 36.4 Å². The molecule has 0 fully saturated rings. The lowest BCUT2D eigenvalue weighted by Gasteiger charge is -2.11. The number of carbonyl (C=O) groups is 1. The van der Waals surface area contributed by atoms with Gasteiger partial charge in [-0.15, -0.1) is 0 Å². The van der Waals surface area contributed by atoms with Gasteiger partial charge in [0.25, 0.3) is 5.91 Å². The fourth-order valence-corrected chi connectivity index (χ4v) is 4.38. The van der Waals surface area contributed by atoms with Gasteiger partial charge in [0.2, 0.25) is 10.0 Å². The molecule has 1 aromatic heterocycles. The largest absolute Gasteiger partial charge is 0.348 e. The molecule has 0 spiro atoms. The van der Waals surface area contributed by atoms with Crippen molar-refractivity contribution >= 4 is 15.9 Å². The van der Waals surface area contributed by atoms with Crippen LogP contribution in [0.25, 0.3) is 11.4 Å². The Hall–Kier alpha value is -3.17. The van der Waals surface area contributed by atoms with Gasteiger partial charge in [-0.2, -0.15) is 0 Å². The van der Waals surface area contributed by atoms with Crippen molar-refractivity contribution in [2.24, 2.45) is 0 Å². The Kier molecular flexibility index (Phi) is 7.09. The Bertz CT molecular complexity index is 1170. The van der Waals surface area contributed by atoms with Crippen LogP contribution in [0.2, 0.25) is 0 Å². The van der Waals surface area contributed by atoms with E-state index in [2.05, 4.69) is 20.0 Å². The molecule has 2 N–H and O–H groups in total. The van der Waals surface area contributed by atoms with E-state index in [0.29, 0.717) is 17.0 Å². The summed E-state index contributed by atoms with van der Waals surface area (Å²) in [5.74, 6) is -0.578. The summed E-state index contributed by atoms with van der Waals surface area (Å²) >= 11 is 0. The topological polar surface area (TPSA) is 101 Å². The molecular formula is C22H23FN4O3S. The molecule has 0 radical (unpaired) electrons. The van der Waals surface area contributed by atoms with Crippen LogP contribution in [0.3, 0.4) is 0 Å². The fourth-order valence-electron chi connectivity index (χ4n) is 2.96. The van der Waals surface area contributed by atoms with E-state index in [0.717, 1.165) is 5.56 Å². The first-order valence-corrected chi connectivity index (χ1v) is 11.3. The Morgan fingerprint density at radius 3 is 2.39 bits per heavy atom. The van der Waals surface area contributed by atoms with E-state index in [1.54, 1.807) is 50.2 Å². The van der Waals surface area contributed by atoms with Crippen molar-refractivity contribution in [2.45, 2.75) is 32.2 Å². The zero-order valence-corrected chi connectivity index (χ0v) is 18.0. The second-order valence-electron chi connectivity index (χ2n) is 7.34. The zero-order chi connectivity index (χ0) is 22.4. The van der Waals surface area contributed by atoms with E-state index in [4.69, 9.17) is 0 Å². The van der Waals surface area contributed by atoms with Crippen molar-refractivity contribution in [3.63, 3.8) is 0 Å². The lowest BCUT2D eigenvalue weighted by Crippen LogP contribution is -2.31. The van der Waals surface area contributed by atoms with Gasteiger partial charge >= 0.3 is 0 Å². The first-order chi connectivity index (χ1) is 14.7. The van der Waals surface area contributed by atoms with Crippen LogP contribution < -0.4 is 10.0 Å². The molecular weight excluding hydrogens is 419 g/mol. The van der Waals surface area contributed by atoms with E-state index in [9.17, 15) is 17.6 Å². The quantitative estimate of drug-likeness (QED) is 0.558. The molecule has 3 rings (SSSR count). The minimum absolute atomic E-state index is 0.137. The summed E-state index contributed by atoms with van der Waals surface area (Å²) in [6.07, 6.45) is 2.76. The van der Waals surface area contributed by atoms with Crippen LogP contribution in [0.4, 0.5) is 4.39 Å². The van der Waals surface area contributed by atoms with E-state index in [1.807, 2.05) is 0 Å². The van der Waals surface area contributed by atoms with Gasteiger partial charge in [0.15, 0.2) is 5.82 Å². The summed E-state index contributed by atoms with van der Waals surface area (Å²) in [6.45, 7) is 3.74. The number of nitrogens with zero attached hydrogens (tertiary/aromatic N) is 2. The molecule has 1 amide bonds. The monoisotopic (exact) mass is 442 g/mol. The number of carbonyl (C=O) groups excluding carboxylic acids is 1. The summed E-state index contributed by atoms with van der Waals surface area (Å²) in [5.41, 5.74) is 2.18. The summed E-state index contributed by atoms with van der Waals surface area (Å²) in [5, 5.41) is 2.76. The van der Waals surface area contributed by atoms with Gasteiger partial charge in [0.05, 0.1) is 11.3 Å². The van der Waals surface area contributed by atoms with Gasteiger partial charge in [-0.25, -0.2) is 27.5 Å². The van der Waals surface area contributed by atoms with Crippen LogP contribution in [0.1, 0.15) is 35.3 Å². The zero-order valence-electron chi connectivity index (χ0n) is 17.2. The standard InChI is InChI=1S/C22H23FN4O3S/c1-15(2)27-31(29,30)14-17-6-3-5-16(9-17)11-26-22(28)19-12-24-21(25-13-19)18-7-4-8-20(23)10-18/h3-10,12-13,15,27H,11,14H2,1-2H3,(H,26,28). The third-order valence-electron chi connectivity index (χ3n) is 4.21. The average molecular weight is 443 g/mol. The van der Waals surface area contributed by atoms with Crippen molar-refractivity contribution in [3.8, 4) is 11.4 Å². The molecule has 0 aliphatic carbocycles. The van der Waals surface area contributed by atoms with Gasteiger partial charge in [0, 0.05) is 30.5 Å². The molecule has 0 aliphatic rings. The number of hydrogen-bond acceptors (Lipinski definition) is 5. The van der Waals surface area contributed by atoms with Crippen molar-refractivity contribution < 1.29 is 17.6 Å². The highest BCUT2D eigenvalue weighted by Gasteiger charge is 2.14. The summed E-state index contributed by atoms with van der Waals surface area (Å²) < 4.78 is 40.1. The molecule has 31 heavy (non-hydrogen) atoms. The van der Waals surface area contributed by atoms with Gasteiger partial charge in [0.1, 0.15) is 5.82 Å². The summed E-state index contributed by atoms with van der Waals surface area (Å²) in [6, 6.07) is 12.7. The fraction of sp³-hybridized carbons (Fsp3) is 0.227. The molecule has 0 saturated heterocycles. The number of halogens is 1. The second-order valence-corrected chi connectivity index (χ2v) is 9.09. The first-order valence-electron chi connectivity index (χ1n) is 9.66. The van der Waals surface area contributed by atoms with Gasteiger partial charge in [-0.3, -0.25) is 4.79 Å². The Morgan fingerprint density at radius 2 is 1.71 bits per heavy atom. The predicted molar refractivity (Wildman–Crippen MR) is 116 cm³/mol. The Balaban J connectivity index is 1.62. The highest BCUT2D eigenvalue weighted by Crippen LogP contribution is 2.15. The smallest absolute Gasteiger partial charge is 0.254 e. The number of hydrogen-bond donors (Lipinski definition) is 2. The van der Waals surface area contributed by atoms with E-state index < -0.39 is 15.8 Å².